The van der Waals surface area contributed by atoms with Gasteiger partial charge in [-0.15, -0.1) is 0 Å². The van der Waals surface area contributed by atoms with Crippen molar-refractivity contribution in [3.05, 3.63) is 71.9 Å². The zero-order chi connectivity index (χ0) is 19.8. The fraction of sp³-hybridized carbons (Fsp3) is 0.190. The normalized spacial score (nSPS) is 10.2. The van der Waals surface area contributed by atoms with Crippen molar-refractivity contribution in [1.29, 1.82) is 0 Å². The number of carbonyl (C=O) groups is 1. The van der Waals surface area contributed by atoms with Crippen LogP contribution in [0.4, 0.5) is 17.5 Å². The summed E-state index contributed by atoms with van der Waals surface area (Å²) in [5.41, 5.74) is 2.31. The van der Waals surface area contributed by atoms with E-state index in [0.29, 0.717) is 30.5 Å². The molecule has 0 spiro atoms. The second-order valence-electron chi connectivity index (χ2n) is 5.85. The topological polar surface area (TPSA) is 85.4 Å². The smallest absolute Gasteiger partial charge is 0.338 e. The highest BCUT2D eigenvalue weighted by Crippen LogP contribution is 2.19. The second-order valence-corrected chi connectivity index (χ2v) is 5.85. The van der Waals surface area contributed by atoms with Gasteiger partial charge in [0.25, 0.3) is 0 Å². The first-order valence-electron chi connectivity index (χ1n) is 8.92. The van der Waals surface area contributed by atoms with E-state index in [1.807, 2.05) is 24.3 Å². The molecule has 0 saturated carbocycles. The summed E-state index contributed by atoms with van der Waals surface area (Å²) >= 11 is 0. The number of esters is 1. The first kappa shape index (κ1) is 19.2. The van der Waals surface area contributed by atoms with Crippen LogP contribution < -0.4 is 15.4 Å². The van der Waals surface area contributed by atoms with Crippen molar-refractivity contribution in [3.8, 4) is 5.75 Å². The summed E-state index contributed by atoms with van der Waals surface area (Å²) in [5, 5.41) is 6.39. The lowest BCUT2D eigenvalue weighted by Gasteiger charge is -2.11. The number of rotatable bonds is 8. The van der Waals surface area contributed by atoms with Crippen LogP contribution in [0, 0.1) is 0 Å². The zero-order valence-corrected chi connectivity index (χ0v) is 15.8. The largest absolute Gasteiger partial charge is 0.496 e. The van der Waals surface area contributed by atoms with Gasteiger partial charge in [-0.05, 0) is 43.3 Å². The first-order valence-corrected chi connectivity index (χ1v) is 8.92. The second kappa shape index (κ2) is 9.36. The van der Waals surface area contributed by atoms with Crippen molar-refractivity contribution in [2.24, 2.45) is 0 Å². The summed E-state index contributed by atoms with van der Waals surface area (Å²) in [5.74, 6) is 1.62. The van der Waals surface area contributed by atoms with Crippen LogP contribution in [0.1, 0.15) is 22.8 Å². The highest BCUT2D eigenvalue weighted by Gasteiger charge is 2.07. The van der Waals surface area contributed by atoms with Crippen molar-refractivity contribution >= 4 is 23.4 Å². The maximum Gasteiger partial charge on any atom is 0.338 e. The number of benzene rings is 2. The number of nitrogens with zero attached hydrogens (tertiary/aromatic N) is 2. The van der Waals surface area contributed by atoms with Crippen molar-refractivity contribution < 1.29 is 14.3 Å². The molecular weight excluding hydrogens is 356 g/mol. The van der Waals surface area contributed by atoms with Crippen molar-refractivity contribution in [3.63, 3.8) is 0 Å². The van der Waals surface area contributed by atoms with E-state index in [2.05, 4.69) is 20.6 Å². The lowest BCUT2D eigenvalue weighted by molar-refractivity contribution is 0.0526. The zero-order valence-electron chi connectivity index (χ0n) is 15.8. The van der Waals surface area contributed by atoms with Gasteiger partial charge in [-0.1, -0.05) is 18.2 Å². The fourth-order valence-corrected chi connectivity index (χ4v) is 2.59. The quantitative estimate of drug-likeness (QED) is 0.573. The third-order valence-corrected chi connectivity index (χ3v) is 3.96. The van der Waals surface area contributed by atoms with E-state index in [4.69, 9.17) is 9.47 Å². The van der Waals surface area contributed by atoms with Crippen LogP contribution in [-0.4, -0.2) is 29.7 Å². The van der Waals surface area contributed by atoms with Crippen LogP contribution in [0.5, 0.6) is 5.75 Å². The predicted molar refractivity (Wildman–Crippen MR) is 108 cm³/mol. The molecule has 2 N–H and O–H groups in total. The molecule has 0 aliphatic heterocycles. The lowest BCUT2D eigenvalue weighted by atomic mass is 10.2. The Morgan fingerprint density at radius 3 is 2.61 bits per heavy atom. The minimum absolute atomic E-state index is 0.340. The molecule has 144 valence electrons. The van der Waals surface area contributed by atoms with E-state index in [-0.39, 0.29) is 5.97 Å². The number of nitrogens with one attached hydrogen (secondary N) is 2. The Morgan fingerprint density at radius 1 is 1.07 bits per heavy atom. The monoisotopic (exact) mass is 378 g/mol. The molecule has 28 heavy (non-hydrogen) atoms. The minimum atomic E-state index is -0.340. The van der Waals surface area contributed by atoms with Gasteiger partial charge in [-0.2, -0.15) is 4.98 Å². The number of anilines is 3. The summed E-state index contributed by atoms with van der Waals surface area (Å²) in [6.45, 7) is 2.70. The molecule has 1 heterocycles. The van der Waals surface area contributed by atoms with Crippen LogP contribution in [0.15, 0.2) is 60.8 Å². The van der Waals surface area contributed by atoms with Gasteiger partial charge >= 0.3 is 5.97 Å². The number of carbonyl (C=O) groups excluding carboxylic acids is 1. The van der Waals surface area contributed by atoms with Gasteiger partial charge in [-0.3, -0.25) is 0 Å². The van der Waals surface area contributed by atoms with Crippen LogP contribution in [0.2, 0.25) is 0 Å². The summed E-state index contributed by atoms with van der Waals surface area (Å²) in [6, 6.07) is 16.6. The SMILES string of the molecule is CCOC(=O)c1ccc(Nc2nccc(NCc3ccccc3OC)n2)cc1. The van der Waals surface area contributed by atoms with Crippen molar-refractivity contribution in [1.82, 2.24) is 9.97 Å². The number of ether oxygens (including phenoxy) is 2. The molecule has 2 aromatic carbocycles. The Balaban J connectivity index is 1.64. The van der Waals surface area contributed by atoms with E-state index in [0.717, 1.165) is 17.0 Å². The Bertz CT molecular complexity index is 929. The van der Waals surface area contributed by atoms with E-state index in [9.17, 15) is 4.79 Å². The van der Waals surface area contributed by atoms with Crippen LogP contribution in [0.3, 0.4) is 0 Å². The Morgan fingerprint density at radius 2 is 1.86 bits per heavy atom. The number of hydrogen-bond donors (Lipinski definition) is 2. The van der Waals surface area contributed by atoms with E-state index in [1.54, 1.807) is 50.6 Å². The lowest BCUT2D eigenvalue weighted by Crippen LogP contribution is -2.06. The van der Waals surface area contributed by atoms with Crippen LogP contribution in [-0.2, 0) is 11.3 Å². The average Bonchev–Trinajstić information content (AvgIpc) is 2.73. The molecule has 0 bridgehead atoms. The maximum absolute atomic E-state index is 11.7. The molecular formula is C21H22N4O3. The van der Waals surface area contributed by atoms with Gasteiger partial charge in [0.05, 0.1) is 19.3 Å². The number of hydrogen-bond acceptors (Lipinski definition) is 7. The molecule has 0 aliphatic rings. The van der Waals surface area contributed by atoms with Crippen molar-refractivity contribution in [2.75, 3.05) is 24.4 Å². The summed E-state index contributed by atoms with van der Waals surface area (Å²) in [4.78, 5) is 20.4. The van der Waals surface area contributed by atoms with Gasteiger partial charge in [0.1, 0.15) is 11.6 Å². The summed E-state index contributed by atoms with van der Waals surface area (Å²) in [6.07, 6.45) is 1.67. The van der Waals surface area contributed by atoms with Gasteiger partial charge < -0.3 is 20.1 Å². The fourth-order valence-electron chi connectivity index (χ4n) is 2.59. The highest BCUT2D eigenvalue weighted by molar-refractivity contribution is 5.89. The summed E-state index contributed by atoms with van der Waals surface area (Å²) in [7, 11) is 1.65. The molecule has 3 aromatic rings. The van der Waals surface area contributed by atoms with Crippen molar-refractivity contribution in [2.45, 2.75) is 13.5 Å². The molecule has 0 fully saturated rings. The molecule has 0 aliphatic carbocycles. The Labute approximate surface area is 163 Å². The highest BCUT2D eigenvalue weighted by atomic mass is 16.5. The molecule has 7 nitrogen and oxygen atoms in total. The van der Waals surface area contributed by atoms with E-state index >= 15 is 0 Å². The molecule has 0 radical (unpaired) electrons. The molecule has 0 saturated heterocycles. The third kappa shape index (κ3) is 4.97. The van der Waals surface area contributed by atoms with Gasteiger partial charge in [0.15, 0.2) is 0 Å². The van der Waals surface area contributed by atoms with Gasteiger partial charge in [-0.25, -0.2) is 9.78 Å². The van der Waals surface area contributed by atoms with E-state index < -0.39 is 0 Å². The van der Waals surface area contributed by atoms with E-state index in [1.165, 1.54) is 0 Å². The minimum Gasteiger partial charge on any atom is -0.496 e. The Hall–Kier alpha value is -3.61. The molecule has 0 amide bonds. The molecule has 7 heteroatoms. The van der Waals surface area contributed by atoms with Gasteiger partial charge in [0.2, 0.25) is 5.95 Å². The van der Waals surface area contributed by atoms with Gasteiger partial charge in [0, 0.05) is 24.0 Å². The number of aromatic nitrogens is 2. The van der Waals surface area contributed by atoms with Crippen LogP contribution in [0.25, 0.3) is 0 Å². The number of para-hydroxylation sites is 1. The molecule has 0 unspecified atom stereocenters. The predicted octanol–water partition coefficient (Wildman–Crippen LogP) is 4.02. The Kier molecular flexibility index (Phi) is 6.41. The molecule has 3 rings (SSSR count). The molecule has 1 aromatic heterocycles. The third-order valence-electron chi connectivity index (χ3n) is 3.96. The first-order chi connectivity index (χ1) is 13.7. The maximum atomic E-state index is 11.7. The van der Waals surface area contributed by atoms with Crippen LogP contribution >= 0.6 is 0 Å². The average molecular weight is 378 g/mol. The summed E-state index contributed by atoms with van der Waals surface area (Å²) < 4.78 is 10.3. The standard InChI is InChI=1S/C21H22N4O3/c1-3-28-20(26)15-8-10-17(11-9-15)24-21-22-13-12-19(25-21)23-14-16-6-4-5-7-18(16)27-2/h4-13H,3,14H2,1-2H3,(H2,22,23,24,25). The number of methoxy groups -OCH3 is 1. The molecule has 0 atom stereocenters.